The van der Waals surface area contributed by atoms with Crippen molar-refractivity contribution in [3.63, 3.8) is 0 Å². The van der Waals surface area contributed by atoms with E-state index in [-0.39, 0.29) is 5.75 Å². The van der Waals surface area contributed by atoms with E-state index >= 15 is 0 Å². The van der Waals surface area contributed by atoms with Crippen LogP contribution < -0.4 is 0 Å². The summed E-state index contributed by atoms with van der Waals surface area (Å²) in [6.45, 7) is 8.04. The Morgan fingerprint density at radius 3 is 2.77 bits per heavy atom. The maximum atomic E-state index is 9.78. The number of ether oxygens (including phenoxy) is 1. The van der Waals surface area contributed by atoms with Crippen LogP contribution in [0, 0.1) is 11.3 Å². The minimum Gasteiger partial charge on any atom is -0.508 e. The summed E-state index contributed by atoms with van der Waals surface area (Å²) in [7, 11) is -1.14. The molecule has 3 aromatic rings. The first-order chi connectivity index (χ1) is 12.4. The Morgan fingerprint density at radius 1 is 1.27 bits per heavy atom. The van der Waals surface area contributed by atoms with E-state index in [1.54, 1.807) is 30.6 Å². The fourth-order valence-electron chi connectivity index (χ4n) is 2.85. The van der Waals surface area contributed by atoms with E-state index in [4.69, 9.17) is 4.74 Å². The summed E-state index contributed by atoms with van der Waals surface area (Å²) in [5.74, 6) is 0.195. The van der Waals surface area contributed by atoms with Gasteiger partial charge in [-0.15, -0.1) is 0 Å². The molecule has 3 rings (SSSR count). The van der Waals surface area contributed by atoms with Crippen molar-refractivity contribution in [2.24, 2.45) is 0 Å². The molecule has 2 heterocycles. The molecule has 0 saturated carbocycles. The third kappa shape index (κ3) is 3.95. The highest BCUT2D eigenvalue weighted by molar-refractivity contribution is 6.76. The highest BCUT2D eigenvalue weighted by atomic mass is 28.3. The van der Waals surface area contributed by atoms with Crippen molar-refractivity contribution in [3.8, 4) is 22.9 Å². The van der Waals surface area contributed by atoms with Crippen LogP contribution in [0.1, 0.15) is 5.56 Å². The summed E-state index contributed by atoms with van der Waals surface area (Å²) in [6.07, 6.45) is 3.51. The molecule has 2 aromatic heterocycles. The molecule has 6 heteroatoms. The van der Waals surface area contributed by atoms with Gasteiger partial charge in [0.2, 0.25) is 0 Å². The molecule has 0 bridgehead atoms. The number of aromatic hydroxyl groups is 1. The zero-order chi connectivity index (χ0) is 18.7. The van der Waals surface area contributed by atoms with Crippen LogP contribution in [-0.2, 0) is 11.5 Å². The molecule has 0 amide bonds. The molecular formula is C20H23N3O2Si. The van der Waals surface area contributed by atoms with Crippen LogP contribution >= 0.6 is 0 Å². The Morgan fingerprint density at radius 2 is 2.08 bits per heavy atom. The number of phenolic OH excluding ortho intramolecular Hbond substituents is 1. The summed E-state index contributed by atoms with van der Waals surface area (Å²) in [4.78, 5) is 4.46. The molecule has 0 atom stereocenters. The lowest BCUT2D eigenvalue weighted by Crippen LogP contribution is -2.22. The number of phenols is 1. The van der Waals surface area contributed by atoms with Crippen LogP contribution in [0.5, 0.6) is 5.75 Å². The Hall–Kier alpha value is -2.62. The summed E-state index contributed by atoms with van der Waals surface area (Å²) in [5, 5.41) is 20.1. The van der Waals surface area contributed by atoms with Gasteiger partial charge in [0, 0.05) is 32.5 Å². The largest absolute Gasteiger partial charge is 0.508 e. The Kier molecular flexibility index (Phi) is 5.12. The predicted octanol–water partition coefficient (Wildman–Crippen LogP) is 4.59. The van der Waals surface area contributed by atoms with Crippen molar-refractivity contribution in [1.29, 1.82) is 5.26 Å². The van der Waals surface area contributed by atoms with E-state index < -0.39 is 8.07 Å². The molecule has 0 aliphatic rings. The average molecular weight is 366 g/mol. The second-order valence-corrected chi connectivity index (χ2v) is 13.2. The Labute approximate surface area is 154 Å². The van der Waals surface area contributed by atoms with Gasteiger partial charge in [0.05, 0.1) is 5.56 Å². The number of aromatic nitrogens is 2. The third-order valence-electron chi connectivity index (χ3n) is 4.26. The van der Waals surface area contributed by atoms with Crippen molar-refractivity contribution in [2.45, 2.75) is 32.4 Å². The summed E-state index contributed by atoms with van der Waals surface area (Å²) < 4.78 is 7.71. The van der Waals surface area contributed by atoms with E-state index in [1.807, 2.05) is 16.7 Å². The number of hydrogen-bond donors (Lipinski definition) is 1. The van der Waals surface area contributed by atoms with Gasteiger partial charge in [0.25, 0.3) is 0 Å². The SMILES string of the molecule is C[Si](C)(C)CCOCn1cc(C#N)c2c(-c3cccc(O)c3)ccnc21. The maximum Gasteiger partial charge on any atom is 0.143 e. The number of fused-ring (bicyclic) bond motifs is 1. The van der Waals surface area contributed by atoms with Crippen molar-refractivity contribution in [1.82, 2.24) is 9.55 Å². The average Bonchev–Trinajstić information content (AvgIpc) is 2.96. The number of benzene rings is 1. The number of rotatable bonds is 6. The highest BCUT2D eigenvalue weighted by Gasteiger charge is 2.16. The number of nitriles is 1. The smallest absolute Gasteiger partial charge is 0.143 e. The normalized spacial score (nSPS) is 11.6. The minimum absolute atomic E-state index is 0.195. The van der Waals surface area contributed by atoms with Crippen LogP contribution in [0.2, 0.25) is 25.7 Å². The first-order valence-electron chi connectivity index (χ1n) is 8.64. The van der Waals surface area contributed by atoms with E-state index in [0.29, 0.717) is 18.9 Å². The summed E-state index contributed by atoms with van der Waals surface area (Å²) in [6, 6.07) is 12.3. The molecule has 26 heavy (non-hydrogen) atoms. The highest BCUT2D eigenvalue weighted by Crippen LogP contribution is 2.32. The van der Waals surface area contributed by atoms with Crippen LogP contribution in [-0.4, -0.2) is 29.3 Å². The van der Waals surface area contributed by atoms with Gasteiger partial charge in [0.15, 0.2) is 0 Å². The van der Waals surface area contributed by atoms with E-state index in [9.17, 15) is 10.4 Å². The molecule has 0 unspecified atom stereocenters. The molecule has 1 aromatic carbocycles. The topological polar surface area (TPSA) is 71.1 Å². The van der Waals surface area contributed by atoms with Crippen LogP contribution in [0.3, 0.4) is 0 Å². The lowest BCUT2D eigenvalue weighted by Gasteiger charge is -2.15. The molecule has 1 N–H and O–H groups in total. The van der Waals surface area contributed by atoms with E-state index in [1.165, 1.54) is 0 Å². The lowest BCUT2D eigenvalue weighted by molar-refractivity contribution is 0.0898. The molecule has 134 valence electrons. The van der Waals surface area contributed by atoms with E-state index in [0.717, 1.165) is 28.2 Å². The van der Waals surface area contributed by atoms with Gasteiger partial charge in [-0.3, -0.25) is 0 Å². The molecule has 0 aliphatic heterocycles. The first kappa shape index (κ1) is 18.2. The second kappa shape index (κ2) is 7.32. The van der Waals surface area contributed by atoms with Gasteiger partial charge >= 0.3 is 0 Å². The van der Waals surface area contributed by atoms with Crippen molar-refractivity contribution >= 4 is 19.1 Å². The summed E-state index contributed by atoms with van der Waals surface area (Å²) in [5.41, 5.74) is 3.00. The van der Waals surface area contributed by atoms with Gasteiger partial charge in [-0.1, -0.05) is 31.8 Å². The predicted molar refractivity (Wildman–Crippen MR) is 106 cm³/mol. The Balaban J connectivity index is 1.96. The monoisotopic (exact) mass is 365 g/mol. The third-order valence-corrected chi connectivity index (χ3v) is 5.97. The van der Waals surface area contributed by atoms with Crippen LogP contribution in [0.4, 0.5) is 0 Å². The van der Waals surface area contributed by atoms with Gasteiger partial charge in [-0.2, -0.15) is 5.26 Å². The fraction of sp³-hybridized carbons (Fsp3) is 0.300. The zero-order valence-corrected chi connectivity index (χ0v) is 16.4. The molecule has 0 fully saturated rings. The fourth-order valence-corrected chi connectivity index (χ4v) is 3.61. The molecule has 0 aliphatic carbocycles. The van der Waals surface area contributed by atoms with Gasteiger partial charge in [-0.25, -0.2) is 4.98 Å². The molecule has 5 nitrogen and oxygen atoms in total. The van der Waals surface area contributed by atoms with Crippen LogP contribution in [0.15, 0.2) is 42.7 Å². The molecular weight excluding hydrogens is 342 g/mol. The van der Waals surface area contributed by atoms with Crippen LogP contribution in [0.25, 0.3) is 22.2 Å². The van der Waals surface area contributed by atoms with Gasteiger partial charge < -0.3 is 14.4 Å². The number of hydrogen-bond acceptors (Lipinski definition) is 4. The second-order valence-electron chi connectivity index (χ2n) is 7.58. The Bertz CT molecular complexity index is 967. The first-order valence-corrected chi connectivity index (χ1v) is 12.3. The summed E-state index contributed by atoms with van der Waals surface area (Å²) >= 11 is 0. The van der Waals surface area contributed by atoms with Crippen molar-refractivity contribution < 1.29 is 9.84 Å². The van der Waals surface area contributed by atoms with Gasteiger partial charge in [0.1, 0.15) is 24.2 Å². The number of pyridine rings is 1. The van der Waals surface area contributed by atoms with Crippen molar-refractivity contribution in [2.75, 3.05) is 6.61 Å². The maximum absolute atomic E-state index is 9.78. The standard InChI is InChI=1S/C20H23N3O2Si/c1-26(2,3)10-9-25-14-23-13-16(12-21)19-18(7-8-22-20(19)23)15-5-4-6-17(24)11-15/h4-8,11,13,24H,9-10,14H2,1-3H3. The molecule has 0 spiro atoms. The zero-order valence-electron chi connectivity index (χ0n) is 15.4. The lowest BCUT2D eigenvalue weighted by atomic mass is 10.0. The van der Waals surface area contributed by atoms with Gasteiger partial charge in [-0.05, 0) is 35.4 Å². The molecule has 0 saturated heterocycles. The quantitative estimate of drug-likeness (QED) is 0.512. The van der Waals surface area contributed by atoms with E-state index in [2.05, 4.69) is 30.7 Å². The van der Waals surface area contributed by atoms with Crippen molar-refractivity contribution in [3.05, 3.63) is 48.3 Å². The number of nitrogens with zero attached hydrogens (tertiary/aromatic N) is 3. The molecule has 0 radical (unpaired) electrons. The minimum atomic E-state index is -1.14.